The van der Waals surface area contributed by atoms with Gasteiger partial charge in [-0.15, -0.1) is 0 Å². The lowest BCUT2D eigenvalue weighted by atomic mass is 9.43. The molecule has 0 aromatic carbocycles. The second kappa shape index (κ2) is 4.08. The van der Waals surface area contributed by atoms with E-state index in [4.69, 9.17) is 5.73 Å². The highest BCUT2D eigenvalue weighted by atomic mass is 79.9. The van der Waals surface area contributed by atoms with E-state index in [-0.39, 0.29) is 6.04 Å². The molecule has 3 unspecified atom stereocenters. The average Bonchev–Trinajstić information content (AvgIpc) is 2.71. The standard InChI is InChI=1S/C16H22BrNS/c1-15-3-10-2-11(4-15)6-16(5-10,9-15)14(18)12-7-19-8-13(12)17/h7-8,10-11,14H,2-6,9,18H2,1H3. The highest BCUT2D eigenvalue weighted by molar-refractivity contribution is 9.10. The van der Waals surface area contributed by atoms with Crippen LogP contribution in [0.3, 0.4) is 0 Å². The number of nitrogens with two attached hydrogens (primary N) is 1. The quantitative estimate of drug-likeness (QED) is 0.795. The number of thiophene rings is 1. The van der Waals surface area contributed by atoms with E-state index in [1.807, 2.05) is 0 Å². The molecule has 3 atom stereocenters. The van der Waals surface area contributed by atoms with Crippen LogP contribution in [0.15, 0.2) is 15.2 Å². The fraction of sp³-hybridized carbons (Fsp3) is 0.750. The Hall–Kier alpha value is 0.140. The molecule has 104 valence electrons. The summed E-state index contributed by atoms with van der Waals surface area (Å²) in [5.41, 5.74) is 9.11. The van der Waals surface area contributed by atoms with Gasteiger partial charge in [-0.05, 0) is 88.1 Å². The second-order valence-corrected chi connectivity index (χ2v) is 9.38. The van der Waals surface area contributed by atoms with Crippen LogP contribution in [0.5, 0.6) is 0 Å². The summed E-state index contributed by atoms with van der Waals surface area (Å²) in [6, 6.07) is 0.235. The minimum Gasteiger partial charge on any atom is -0.323 e. The van der Waals surface area contributed by atoms with E-state index >= 15 is 0 Å². The summed E-state index contributed by atoms with van der Waals surface area (Å²) >= 11 is 5.46. The Labute approximate surface area is 128 Å². The zero-order chi connectivity index (χ0) is 13.3. The number of rotatable bonds is 2. The highest BCUT2D eigenvalue weighted by Crippen LogP contribution is 2.68. The van der Waals surface area contributed by atoms with Crippen LogP contribution in [0, 0.1) is 22.7 Å². The fourth-order valence-corrected chi connectivity index (χ4v) is 7.59. The lowest BCUT2D eigenvalue weighted by molar-refractivity contribution is -0.113. The van der Waals surface area contributed by atoms with Crippen molar-refractivity contribution in [2.24, 2.45) is 28.4 Å². The first-order chi connectivity index (χ1) is 9.00. The largest absolute Gasteiger partial charge is 0.323 e. The topological polar surface area (TPSA) is 26.0 Å². The molecule has 0 radical (unpaired) electrons. The second-order valence-electron chi connectivity index (χ2n) is 7.79. The van der Waals surface area contributed by atoms with E-state index in [1.54, 1.807) is 11.3 Å². The molecule has 19 heavy (non-hydrogen) atoms. The van der Waals surface area contributed by atoms with Crippen LogP contribution in [-0.4, -0.2) is 0 Å². The Morgan fingerprint density at radius 2 is 1.95 bits per heavy atom. The molecule has 0 spiro atoms. The third-order valence-electron chi connectivity index (χ3n) is 6.04. The van der Waals surface area contributed by atoms with Gasteiger partial charge >= 0.3 is 0 Å². The van der Waals surface area contributed by atoms with Gasteiger partial charge in [0, 0.05) is 15.9 Å². The van der Waals surface area contributed by atoms with Crippen LogP contribution in [-0.2, 0) is 0 Å². The van der Waals surface area contributed by atoms with Crippen LogP contribution < -0.4 is 5.73 Å². The molecule has 4 bridgehead atoms. The molecule has 4 aliphatic rings. The molecule has 1 heterocycles. The summed E-state index contributed by atoms with van der Waals surface area (Å²) in [4.78, 5) is 0. The smallest absolute Gasteiger partial charge is 0.0372 e. The maximum absolute atomic E-state index is 6.77. The first-order valence-electron chi connectivity index (χ1n) is 7.47. The predicted octanol–water partition coefficient (Wildman–Crippen LogP) is 5.12. The summed E-state index contributed by atoms with van der Waals surface area (Å²) in [6.45, 7) is 2.52. The van der Waals surface area contributed by atoms with E-state index in [2.05, 4.69) is 33.6 Å². The van der Waals surface area contributed by atoms with Gasteiger partial charge in [-0.3, -0.25) is 0 Å². The minimum atomic E-state index is 0.235. The Balaban J connectivity index is 1.72. The number of halogens is 1. The lowest BCUT2D eigenvalue weighted by Gasteiger charge is -2.63. The summed E-state index contributed by atoms with van der Waals surface area (Å²) in [7, 11) is 0. The monoisotopic (exact) mass is 339 g/mol. The first kappa shape index (κ1) is 12.8. The Kier molecular flexibility index (Phi) is 2.76. The van der Waals surface area contributed by atoms with Crippen LogP contribution in [0.25, 0.3) is 0 Å². The van der Waals surface area contributed by atoms with E-state index in [9.17, 15) is 0 Å². The SMILES string of the molecule is CC12CC3CC(C1)CC(C(N)c1cscc1Br)(C3)C2. The highest BCUT2D eigenvalue weighted by Gasteiger charge is 2.58. The van der Waals surface area contributed by atoms with Gasteiger partial charge in [-0.25, -0.2) is 0 Å². The van der Waals surface area contributed by atoms with Crippen molar-refractivity contribution in [2.45, 2.75) is 51.5 Å². The molecule has 1 nitrogen and oxygen atoms in total. The van der Waals surface area contributed by atoms with Crippen LogP contribution in [0.4, 0.5) is 0 Å². The van der Waals surface area contributed by atoms with E-state index in [0.717, 1.165) is 11.8 Å². The van der Waals surface area contributed by atoms with Crippen molar-refractivity contribution >= 4 is 27.3 Å². The van der Waals surface area contributed by atoms with Crippen molar-refractivity contribution in [1.82, 2.24) is 0 Å². The van der Waals surface area contributed by atoms with Gasteiger partial charge in [0.1, 0.15) is 0 Å². The van der Waals surface area contributed by atoms with Crippen LogP contribution in [0.2, 0.25) is 0 Å². The van der Waals surface area contributed by atoms with Crippen molar-refractivity contribution < 1.29 is 0 Å². The zero-order valence-electron chi connectivity index (χ0n) is 11.5. The molecule has 4 fully saturated rings. The van der Waals surface area contributed by atoms with E-state index < -0.39 is 0 Å². The molecule has 2 N–H and O–H groups in total. The fourth-order valence-electron chi connectivity index (χ4n) is 6.01. The molecular weight excluding hydrogens is 318 g/mol. The third-order valence-corrected chi connectivity index (χ3v) is 7.79. The zero-order valence-corrected chi connectivity index (χ0v) is 13.9. The maximum Gasteiger partial charge on any atom is 0.0372 e. The van der Waals surface area contributed by atoms with Gasteiger partial charge in [0.25, 0.3) is 0 Å². The molecular formula is C16H22BrNS. The summed E-state index contributed by atoms with van der Waals surface area (Å²) in [6.07, 6.45) is 8.52. The molecule has 3 heteroatoms. The first-order valence-corrected chi connectivity index (χ1v) is 9.21. The molecule has 5 rings (SSSR count). The molecule has 4 aliphatic carbocycles. The van der Waals surface area contributed by atoms with Crippen LogP contribution in [0.1, 0.15) is 57.1 Å². The normalized spacial score (nSPS) is 45.6. The summed E-state index contributed by atoms with van der Waals surface area (Å²) in [5.74, 6) is 1.91. The van der Waals surface area contributed by atoms with E-state index in [0.29, 0.717) is 10.8 Å². The van der Waals surface area contributed by atoms with Gasteiger partial charge < -0.3 is 5.73 Å². The molecule has 4 saturated carbocycles. The Morgan fingerprint density at radius 3 is 2.47 bits per heavy atom. The summed E-state index contributed by atoms with van der Waals surface area (Å²) < 4.78 is 1.23. The summed E-state index contributed by atoms with van der Waals surface area (Å²) in [5, 5.41) is 4.44. The number of hydrogen-bond acceptors (Lipinski definition) is 2. The van der Waals surface area contributed by atoms with Crippen molar-refractivity contribution in [1.29, 1.82) is 0 Å². The molecule has 0 aliphatic heterocycles. The Bertz CT molecular complexity index is 495. The van der Waals surface area contributed by atoms with Crippen molar-refractivity contribution in [3.05, 3.63) is 20.8 Å². The van der Waals surface area contributed by atoms with Gasteiger partial charge in [0.05, 0.1) is 0 Å². The number of hydrogen-bond donors (Lipinski definition) is 1. The molecule has 0 saturated heterocycles. The maximum atomic E-state index is 6.77. The average molecular weight is 340 g/mol. The van der Waals surface area contributed by atoms with Crippen molar-refractivity contribution in [3.8, 4) is 0 Å². The third kappa shape index (κ3) is 1.88. The molecule has 0 amide bonds. The molecule has 1 aromatic heterocycles. The Morgan fingerprint density at radius 1 is 1.26 bits per heavy atom. The van der Waals surface area contributed by atoms with E-state index in [1.165, 1.54) is 48.6 Å². The predicted molar refractivity (Wildman–Crippen MR) is 84.2 cm³/mol. The molecule has 1 aromatic rings. The van der Waals surface area contributed by atoms with Gasteiger partial charge in [0.2, 0.25) is 0 Å². The van der Waals surface area contributed by atoms with Gasteiger partial charge in [0.15, 0.2) is 0 Å². The lowest BCUT2D eigenvalue weighted by Crippen LogP contribution is -2.54. The van der Waals surface area contributed by atoms with Crippen molar-refractivity contribution in [3.63, 3.8) is 0 Å². The van der Waals surface area contributed by atoms with Crippen LogP contribution >= 0.6 is 27.3 Å². The van der Waals surface area contributed by atoms with Crippen molar-refractivity contribution in [2.75, 3.05) is 0 Å². The minimum absolute atomic E-state index is 0.235. The van der Waals surface area contributed by atoms with Gasteiger partial charge in [-0.1, -0.05) is 6.92 Å². The van der Waals surface area contributed by atoms with Gasteiger partial charge in [-0.2, -0.15) is 11.3 Å².